The van der Waals surface area contributed by atoms with Crippen molar-refractivity contribution in [2.45, 2.75) is 12.5 Å². The summed E-state index contributed by atoms with van der Waals surface area (Å²) in [6.07, 6.45) is 2.17. The van der Waals surface area contributed by atoms with E-state index in [1.54, 1.807) is 6.08 Å². The van der Waals surface area contributed by atoms with Gasteiger partial charge in [0.15, 0.2) is 0 Å². The van der Waals surface area contributed by atoms with Gasteiger partial charge in [0.2, 0.25) is 0 Å². The van der Waals surface area contributed by atoms with Crippen molar-refractivity contribution >= 4 is 6.09 Å². The average molecular weight is 127 g/mol. The number of carbonyl (C=O) groups is 1. The van der Waals surface area contributed by atoms with Crippen molar-refractivity contribution in [3.8, 4) is 0 Å². The zero-order valence-electron chi connectivity index (χ0n) is 5.09. The molecular weight excluding hydrogens is 118 g/mol. The van der Waals surface area contributed by atoms with E-state index in [9.17, 15) is 4.79 Å². The second-order valence-corrected chi connectivity index (χ2v) is 1.93. The molecule has 3 heteroatoms. The molecule has 0 aromatic rings. The van der Waals surface area contributed by atoms with Gasteiger partial charge in [0.05, 0.1) is 6.54 Å². The molecule has 1 fully saturated rings. The Hall–Kier alpha value is -0.990. The molecule has 9 heavy (non-hydrogen) atoms. The zero-order chi connectivity index (χ0) is 6.69. The van der Waals surface area contributed by atoms with Crippen molar-refractivity contribution in [1.82, 2.24) is 5.32 Å². The number of alkyl carbamates (subject to hydrolysis) is 1. The van der Waals surface area contributed by atoms with Crippen LogP contribution in [0.4, 0.5) is 4.79 Å². The number of ether oxygens (including phenoxy) is 1. The Morgan fingerprint density at radius 2 is 2.78 bits per heavy atom. The number of nitrogens with one attached hydrogen (secondary N) is 1. The highest BCUT2D eigenvalue weighted by molar-refractivity contribution is 5.69. The topological polar surface area (TPSA) is 38.3 Å². The molecule has 1 atom stereocenters. The molecule has 3 nitrogen and oxygen atoms in total. The van der Waals surface area contributed by atoms with Crippen molar-refractivity contribution in [3.63, 3.8) is 0 Å². The van der Waals surface area contributed by atoms with Crippen LogP contribution in [0, 0.1) is 0 Å². The monoisotopic (exact) mass is 127 g/mol. The van der Waals surface area contributed by atoms with Gasteiger partial charge in [-0.15, -0.1) is 6.58 Å². The van der Waals surface area contributed by atoms with E-state index in [4.69, 9.17) is 4.74 Å². The van der Waals surface area contributed by atoms with E-state index in [1.165, 1.54) is 0 Å². The van der Waals surface area contributed by atoms with Crippen LogP contribution in [-0.2, 0) is 4.74 Å². The minimum Gasteiger partial charge on any atom is -0.444 e. The van der Waals surface area contributed by atoms with Gasteiger partial charge in [0, 0.05) is 6.42 Å². The van der Waals surface area contributed by atoms with Gasteiger partial charge in [0.1, 0.15) is 6.10 Å². The van der Waals surface area contributed by atoms with E-state index in [-0.39, 0.29) is 12.2 Å². The lowest BCUT2D eigenvalue weighted by Gasteiger charge is -2.00. The molecule has 0 aromatic carbocycles. The summed E-state index contributed by atoms with van der Waals surface area (Å²) < 4.78 is 4.78. The molecule has 1 aliphatic heterocycles. The molecule has 1 rings (SSSR count). The van der Waals surface area contributed by atoms with Gasteiger partial charge < -0.3 is 10.1 Å². The molecule has 0 saturated carbocycles. The Morgan fingerprint density at radius 3 is 3.22 bits per heavy atom. The smallest absolute Gasteiger partial charge is 0.407 e. The first-order chi connectivity index (χ1) is 4.33. The zero-order valence-corrected chi connectivity index (χ0v) is 5.09. The van der Waals surface area contributed by atoms with Crippen LogP contribution in [0.1, 0.15) is 6.42 Å². The second kappa shape index (κ2) is 2.53. The molecule has 0 radical (unpaired) electrons. The maximum absolute atomic E-state index is 10.4. The molecule has 1 heterocycles. The van der Waals surface area contributed by atoms with Gasteiger partial charge >= 0.3 is 6.09 Å². The predicted molar refractivity (Wildman–Crippen MR) is 33.1 cm³/mol. The van der Waals surface area contributed by atoms with Gasteiger partial charge in [-0.2, -0.15) is 0 Å². The van der Waals surface area contributed by atoms with Crippen molar-refractivity contribution < 1.29 is 9.53 Å². The largest absolute Gasteiger partial charge is 0.444 e. The van der Waals surface area contributed by atoms with Crippen molar-refractivity contribution in [2.75, 3.05) is 6.54 Å². The van der Waals surface area contributed by atoms with Gasteiger partial charge in [-0.25, -0.2) is 4.79 Å². The van der Waals surface area contributed by atoms with Gasteiger partial charge in [-0.05, 0) is 0 Å². The minimum atomic E-state index is -0.318. The van der Waals surface area contributed by atoms with Gasteiger partial charge in [-0.1, -0.05) is 6.08 Å². The standard InChI is InChI=1S/C6H9NO2/c1-2-3-5-4-7-6(8)9-5/h2,5H,1,3-4H2,(H,7,8). The summed E-state index contributed by atoms with van der Waals surface area (Å²) in [6.45, 7) is 4.15. The highest BCUT2D eigenvalue weighted by atomic mass is 16.6. The first kappa shape index (κ1) is 6.13. The molecule has 0 aliphatic carbocycles. The SMILES string of the molecule is C=CCC1CNC(=O)O1. The van der Waals surface area contributed by atoms with Crippen LogP contribution in [0.2, 0.25) is 0 Å². The Balaban J connectivity index is 2.29. The highest BCUT2D eigenvalue weighted by Gasteiger charge is 2.20. The number of rotatable bonds is 2. The van der Waals surface area contributed by atoms with E-state index in [0.717, 1.165) is 6.42 Å². The highest BCUT2D eigenvalue weighted by Crippen LogP contribution is 2.03. The fraction of sp³-hybridized carbons (Fsp3) is 0.500. The Labute approximate surface area is 53.7 Å². The first-order valence-electron chi connectivity index (χ1n) is 2.88. The van der Waals surface area contributed by atoms with Crippen LogP contribution in [0.3, 0.4) is 0 Å². The van der Waals surface area contributed by atoms with E-state index in [2.05, 4.69) is 11.9 Å². The van der Waals surface area contributed by atoms with Crippen molar-refractivity contribution in [2.24, 2.45) is 0 Å². The predicted octanol–water partition coefficient (Wildman–Crippen LogP) is 0.671. The van der Waals surface area contributed by atoms with E-state index >= 15 is 0 Å². The normalized spacial score (nSPS) is 24.9. The summed E-state index contributed by atoms with van der Waals surface area (Å²) in [4.78, 5) is 10.4. The van der Waals surface area contributed by atoms with E-state index in [1.807, 2.05) is 0 Å². The molecule has 0 aromatic heterocycles. The van der Waals surface area contributed by atoms with Crippen LogP contribution in [0.25, 0.3) is 0 Å². The molecule has 1 saturated heterocycles. The van der Waals surface area contributed by atoms with Crippen molar-refractivity contribution in [1.29, 1.82) is 0 Å². The lowest BCUT2D eigenvalue weighted by molar-refractivity contribution is 0.141. The molecule has 1 aliphatic rings. The molecular formula is C6H9NO2. The summed E-state index contributed by atoms with van der Waals surface area (Å²) in [5, 5.41) is 2.55. The van der Waals surface area contributed by atoms with Crippen molar-refractivity contribution in [3.05, 3.63) is 12.7 Å². The molecule has 1 amide bonds. The number of carbonyl (C=O) groups excluding carboxylic acids is 1. The fourth-order valence-electron chi connectivity index (χ4n) is 0.749. The molecule has 50 valence electrons. The number of hydrogen-bond donors (Lipinski definition) is 1. The van der Waals surface area contributed by atoms with Crippen LogP contribution in [-0.4, -0.2) is 18.7 Å². The van der Waals surface area contributed by atoms with Gasteiger partial charge in [0.25, 0.3) is 0 Å². The average Bonchev–Trinajstić information content (AvgIpc) is 2.17. The summed E-state index contributed by atoms with van der Waals surface area (Å²) in [5.74, 6) is 0. The lowest BCUT2D eigenvalue weighted by Crippen LogP contribution is -2.14. The first-order valence-corrected chi connectivity index (χ1v) is 2.88. The van der Waals surface area contributed by atoms with Gasteiger partial charge in [-0.3, -0.25) is 0 Å². The van der Waals surface area contributed by atoms with Crippen LogP contribution < -0.4 is 5.32 Å². The fourth-order valence-corrected chi connectivity index (χ4v) is 0.749. The minimum absolute atomic E-state index is 0.00926. The van der Waals surface area contributed by atoms with Crippen LogP contribution in [0.15, 0.2) is 12.7 Å². The third-order valence-electron chi connectivity index (χ3n) is 1.18. The van der Waals surface area contributed by atoms with Crippen LogP contribution >= 0.6 is 0 Å². The Morgan fingerprint density at radius 1 is 2.00 bits per heavy atom. The molecule has 0 spiro atoms. The third-order valence-corrected chi connectivity index (χ3v) is 1.18. The summed E-state index contributed by atoms with van der Waals surface area (Å²) in [5.41, 5.74) is 0. The maximum Gasteiger partial charge on any atom is 0.407 e. The van der Waals surface area contributed by atoms with Crippen LogP contribution in [0.5, 0.6) is 0 Å². The third kappa shape index (κ3) is 1.45. The summed E-state index contributed by atoms with van der Waals surface area (Å²) in [6, 6.07) is 0. The van der Waals surface area contributed by atoms with E-state index in [0.29, 0.717) is 6.54 Å². The maximum atomic E-state index is 10.4. The Bertz CT molecular complexity index is 133. The number of hydrogen-bond acceptors (Lipinski definition) is 2. The summed E-state index contributed by atoms with van der Waals surface area (Å²) >= 11 is 0. The Kier molecular flexibility index (Phi) is 1.72. The lowest BCUT2D eigenvalue weighted by atomic mass is 10.2. The van der Waals surface area contributed by atoms with E-state index < -0.39 is 0 Å². The summed E-state index contributed by atoms with van der Waals surface area (Å²) in [7, 11) is 0. The number of cyclic esters (lactones) is 1. The molecule has 1 unspecified atom stereocenters. The number of amides is 1. The second-order valence-electron chi connectivity index (χ2n) is 1.93. The molecule has 0 bridgehead atoms. The quantitative estimate of drug-likeness (QED) is 0.554. The molecule has 1 N–H and O–H groups in total.